The summed E-state index contributed by atoms with van der Waals surface area (Å²) in [6.45, 7) is 0. The van der Waals surface area contributed by atoms with Gasteiger partial charge in [-0.25, -0.2) is 0 Å². The number of fused-ring (bicyclic) bond motifs is 3. The molecule has 5 rings (SSSR count). The summed E-state index contributed by atoms with van der Waals surface area (Å²) in [6.07, 6.45) is 1.07. The van der Waals surface area contributed by atoms with Crippen molar-refractivity contribution in [1.82, 2.24) is 0 Å². The van der Waals surface area contributed by atoms with Crippen LogP contribution >= 0.6 is 0 Å². The third kappa shape index (κ3) is 2.00. The van der Waals surface area contributed by atoms with Crippen LogP contribution in [0, 0.1) is 5.92 Å². The number of para-hydroxylation sites is 1. The molecule has 3 aromatic carbocycles. The number of anilines is 1. The van der Waals surface area contributed by atoms with Gasteiger partial charge in [0.15, 0.2) is 0 Å². The van der Waals surface area contributed by atoms with Crippen LogP contribution in [0.5, 0.6) is 0 Å². The molecule has 2 aliphatic rings. The Balaban J connectivity index is 1.66. The Bertz CT molecular complexity index is 900. The van der Waals surface area contributed by atoms with Crippen LogP contribution in [0.2, 0.25) is 0 Å². The largest absolute Gasteiger partial charge is 0.257 e. The summed E-state index contributed by atoms with van der Waals surface area (Å²) in [5.74, 6) is 0.421. The third-order valence-electron chi connectivity index (χ3n) is 5.12. The Labute approximate surface area is 142 Å². The second-order valence-corrected chi connectivity index (χ2v) is 6.49. The second kappa shape index (κ2) is 5.34. The Kier molecular flexibility index (Phi) is 3.02. The minimum Gasteiger partial charge on any atom is -0.257 e. The highest BCUT2D eigenvalue weighted by molar-refractivity contribution is 6.05. The van der Waals surface area contributed by atoms with E-state index in [4.69, 9.17) is 5.10 Å². The highest BCUT2D eigenvalue weighted by Gasteiger charge is 2.44. The number of rotatable bonds is 2. The van der Waals surface area contributed by atoms with Crippen molar-refractivity contribution < 1.29 is 0 Å². The Morgan fingerprint density at radius 2 is 1.42 bits per heavy atom. The normalized spacial score (nSPS) is 21.3. The monoisotopic (exact) mass is 310 g/mol. The van der Waals surface area contributed by atoms with Crippen LogP contribution in [0.25, 0.3) is 0 Å². The zero-order chi connectivity index (χ0) is 15.9. The molecule has 2 atom stereocenters. The van der Waals surface area contributed by atoms with Crippen molar-refractivity contribution in [2.24, 2.45) is 11.0 Å². The molecule has 2 heteroatoms. The number of benzene rings is 3. The van der Waals surface area contributed by atoms with Crippen LogP contribution in [0.4, 0.5) is 5.69 Å². The first-order valence-electron chi connectivity index (χ1n) is 8.48. The summed E-state index contributed by atoms with van der Waals surface area (Å²) in [4.78, 5) is 0. The van der Waals surface area contributed by atoms with Gasteiger partial charge in [-0.2, -0.15) is 5.10 Å². The third-order valence-corrected chi connectivity index (χ3v) is 5.12. The van der Waals surface area contributed by atoms with Gasteiger partial charge in [0.2, 0.25) is 0 Å². The number of nitrogens with zero attached hydrogens (tertiary/aromatic N) is 2. The fourth-order valence-corrected chi connectivity index (χ4v) is 4.05. The van der Waals surface area contributed by atoms with E-state index in [2.05, 4.69) is 89.9 Å². The number of hydrazone groups is 1. The molecule has 0 aromatic heterocycles. The first-order chi connectivity index (χ1) is 11.9. The minimum absolute atomic E-state index is 0.304. The van der Waals surface area contributed by atoms with Crippen molar-refractivity contribution in [3.63, 3.8) is 0 Å². The molecule has 1 heterocycles. The van der Waals surface area contributed by atoms with E-state index < -0.39 is 0 Å². The molecule has 116 valence electrons. The van der Waals surface area contributed by atoms with Crippen molar-refractivity contribution in [3.05, 3.63) is 102 Å². The lowest BCUT2D eigenvalue weighted by molar-refractivity contribution is 0.597. The molecule has 0 spiro atoms. The molecule has 0 N–H and O–H groups in total. The van der Waals surface area contributed by atoms with Gasteiger partial charge in [-0.1, -0.05) is 72.8 Å². The first kappa shape index (κ1) is 13.6. The van der Waals surface area contributed by atoms with E-state index in [1.54, 1.807) is 0 Å². The summed E-state index contributed by atoms with van der Waals surface area (Å²) in [5.41, 5.74) is 6.48. The zero-order valence-corrected chi connectivity index (χ0v) is 13.3. The van der Waals surface area contributed by atoms with E-state index in [0.29, 0.717) is 12.0 Å². The van der Waals surface area contributed by atoms with E-state index in [1.807, 2.05) is 0 Å². The Morgan fingerprint density at radius 1 is 0.750 bits per heavy atom. The molecular formula is C22H18N2. The molecule has 0 fully saturated rings. The SMILES string of the molecule is c1ccc(C2=NN(c3ccccc3)[C@H]3c4ccccc4C[C@H]23)cc1. The van der Waals surface area contributed by atoms with E-state index >= 15 is 0 Å². The van der Waals surface area contributed by atoms with E-state index in [1.165, 1.54) is 22.4 Å². The van der Waals surface area contributed by atoms with Gasteiger partial charge in [0.05, 0.1) is 17.4 Å². The maximum Gasteiger partial charge on any atom is 0.0865 e. The average Bonchev–Trinajstić information content (AvgIpc) is 3.20. The number of hydrogen-bond donors (Lipinski definition) is 0. The van der Waals surface area contributed by atoms with Crippen LogP contribution in [0.1, 0.15) is 22.7 Å². The molecule has 1 aliphatic heterocycles. The van der Waals surface area contributed by atoms with Crippen molar-refractivity contribution in [1.29, 1.82) is 0 Å². The molecule has 0 unspecified atom stereocenters. The Morgan fingerprint density at radius 3 is 2.21 bits per heavy atom. The second-order valence-electron chi connectivity index (χ2n) is 6.49. The Hall–Kier alpha value is -2.87. The minimum atomic E-state index is 0.304. The maximum absolute atomic E-state index is 5.06. The van der Waals surface area contributed by atoms with Crippen LogP contribution in [0.15, 0.2) is 90.0 Å². The molecule has 0 saturated heterocycles. The van der Waals surface area contributed by atoms with Gasteiger partial charge in [0.25, 0.3) is 0 Å². The van der Waals surface area contributed by atoms with Gasteiger partial charge in [-0.15, -0.1) is 0 Å². The van der Waals surface area contributed by atoms with E-state index in [0.717, 1.165) is 12.1 Å². The molecule has 0 saturated carbocycles. The summed E-state index contributed by atoms with van der Waals surface area (Å²) in [6, 6.07) is 30.2. The van der Waals surface area contributed by atoms with Crippen molar-refractivity contribution in [2.75, 3.05) is 5.01 Å². The lowest BCUT2D eigenvalue weighted by Crippen LogP contribution is -2.22. The van der Waals surface area contributed by atoms with Gasteiger partial charge in [-0.05, 0) is 35.2 Å². The first-order valence-corrected chi connectivity index (χ1v) is 8.48. The average molecular weight is 310 g/mol. The number of hydrogen-bond acceptors (Lipinski definition) is 2. The molecule has 0 radical (unpaired) electrons. The zero-order valence-electron chi connectivity index (χ0n) is 13.3. The van der Waals surface area contributed by atoms with Gasteiger partial charge in [0.1, 0.15) is 0 Å². The summed E-state index contributed by atoms with van der Waals surface area (Å²) in [5, 5.41) is 7.28. The van der Waals surface area contributed by atoms with Gasteiger partial charge >= 0.3 is 0 Å². The van der Waals surface area contributed by atoms with Crippen molar-refractivity contribution in [2.45, 2.75) is 12.5 Å². The van der Waals surface area contributed by atoms with Gasteiger partial charge < -0.3 is 0 Å². The molecule has 1 aliphatic carbocycles. The van der Waals surface area contributed by atoms with Gasteiger partial charge in [-0.3, -0.25) is 5.01 Å². The quantitative estimate of drug-likeness (QED) is 0.662. The smallest absolute Gasteiger partial charge is 0.0865 e. The highest BCUT2D eigenvalue weighted by Crippen LogP contribution is 2.47. The summed E-state index contributed by atoms with van der Waals surface area (Å²) < 4.78 is 0. The predicted molar refractivity (Wildman–Crippen MR) is 98.3 cm³/mol. The fourth-order valence-electron chi connectivity index (χ4n) is 4.05. The molecule has 0 bridgehead atoms. The van der Waals surface area contributed by atoms with Crippen molar-refractivity contribution in [3.8, 4) is 0 Å². The van der Waals surface area contributed by atoms with Crippen LogP contribution in [-0.2, 0) is 6.42 Å². The van der Waals surface area contributed by atoms with Crippen molar-refractivity contribution >= 4 is 11.4 Å². The molecule has 2 nitrogen and oxygen atoms in total. The van der Waals surface area contributed by atoms with Crippen LogP contribution in [0.3, 0.4) is 0 Å². The fraction of sp³-hybridized carbons (Fsp3) is 0.136. The van der Waals surface area contributed by atoms with Crippen LogP contribution < -0.4 is 5.01 Å². The lowest BCUT2D eigenvalue weighted by Gasteiger charge is -2.24. The standard InChI is InChI=1S/C22H18N2/c1-3-9-16(10-4-1)21-20-15-17-11-7-8-14-19(17)22(20)24(23-21)18-12-5-2-6-13-18/h1-14,20,22H,15H2/t20-,22+/m1/s1. The molecular weight excluding hydrogens is 292 g/mol. The lowest BCUT2D eigenvalue weighted by atomic mass is 9.92. The highest BCUT2D eigenvalue weighted by atomic mass is 15.5. The molecule has 24 heavy (non-hydrogen) atoms. The van der Waals surface area contributed by atoms with Gasteiger partial charge in [0, 0.05) is 5.92 Å². The summed E-state index contributed by atoms with van der Waals surface area (Å²) >= 11 is 0. The molecule has 0 amide bonds. The van der Waals surface area contributed by atoms with E-state index in [-0.39, 0.29) is 0 Å². The van der Waals surface area contributed by atoms with E-state index in [9.17, 15) is 0 Å². The maximum atomic E-state index is 5.06. The topological polar surface area (TPSA) is 15.6 Å². The predicted octanol–water partition coefficient (Wildman–Crippen LogP) is 4.82. The van der Waals surface area contributed by atoms with Crippen LogP contribution in [-0.4, -0.2) is 5.71 Å². The molecule has 3 aromatic rings. The summed E-state index contributed by atoms with van der Waals surface area (Å²) in [7, 11) is 0.